The van der Waals surface area contributed by atoms with E-state index in [2.05, 4.69) is 11.9 Å². The number of hydrogen-bond acceptors (Lipinski definition) is 3. The van der Waals surface area contributed by atoms with Crippen LogP contribution in [0.4, 0.5) is 0 Å². The van der Waals surface area contributed by atoms with Gasteiger partial charge in [0.05, 0.1) is 5.92 Å². The second-order valence-corrected chi connectivity index (χ2v) is 4.70. The van der Waals surface area contributed by atoms with E-state index in [1.54, 1.807) is 18.5 Å². The van der Waals surface area contributed by atoms with Crippen molar-refractivity contribution in [2.24, 2.45) is 11.7 Å². The van der Waals surface area contributed by atoms with Gasteiger partial charge >= 0.3 is 5.97 Å². The number of carboxylic acid groups (broad SMARTS) is 1. The molecule has 0 aliphatic heterocycles. The van der Waals surface area contributed by atoms with E-state index in [0.29, 0.717) is 6.42 Å². The molecule has 1 heterocycles. The molecule has 112 valence electrons. The standard InChI is InChI=1S/C15H22N2O2.ClH/c1-2-3-6-14(16)8-7-13(15(18)19)10-12-5-4-9-17-11-12;/h4-5,7-9,11,13-14H,2-3,6,10,16H2,1H3,(H,18,19);1H/b8-7-;/t13-,14-;/m0./s1. The Hall–Kier alpha value is -1.39. The zero-order chi connectivity index (χ0) is 14.1. The highest BCUT2D eigenvalue weighted by atomic mass is 35.5. The molecule has 0 spiro atoms. The van der Waals surface area contributed by atoms with Gasteiger partial charge in [-0.25, -0.2) is 0 Å². The van der Waals surface area contributed by atoms with Gasteiger partial charge in [0, 0.05) is 18.4 Å². The molecule has 0 saturated carbocycles. The first-order valence-electron chi connectivity index (χ1n) is 6.69. The van der Waals surface area contributed by atoms with Crippen molar-refractivity contribution in [3.63, 3.8) is 0 Å². The quantitative estimate of drug-likeness (QED) is 0.724. The van der Waals surface area contributed by atoms with E-state index in [1.165, 1.54) is 0 Å². The molecule has 0 aliphatic carbocycles. The van der Waals surface area contributed by atoms with Crippen LogP contribution in [0.25, 0.3) is 0 Å². The fraction of sp³-hybridized carbons (Fsp3) is 0.467. The smallest absolute Gasteiger partial charge is 0.310 e. The van der Waals surface area contributed by atoms with Crippen molar-refractivity contribution in [1.29, 1.82) is 0 Å². The van der Waals surface area contributed by atoms with Gasteiger partial charge in [-0.3, -0.25) is 9.78 Å². The van der Waals surface area contributed by atoms with Crippen molar-refractivity contribution in [2.45, 2.75) is 38.6 Å². The minimum absolute atomic E-state index is 0. The number of carboxylic acids is 1. The number of nitrogens with two attached hydrogens (primary N) is 1. The first-order chi connectivity index (χ1) is 9.13. The van der Waals surface area contributed by atoms with Crippen LogP contribution in [-0.2, 0) is 11.2 Å². The Morgan fingerprint density at radius 3 is 2.80 bits per heavy atom. The van der Waals surface area contributed by atoms with Crippen LogP contribution in [0.15, 0.2) is 36.7 Å². The molecule has 3 N–H and O–H groups in total. The Morgan fingerprint density at radius 1 is 1.50 bits per heavy atom. The number of hydrogen-bond donors (Lipinski definition) is 2. The molecule has 5 heteroatoms. The van der Waals surface area contributed by atoms with Crippen molar-refractivity contribution < 1.29 is 9.90 Å². The normalized spacial score (nSPS) is 13.7. The summed E-state index contributed by atoms with van der Waals surface area (Å²) < 4.78 is 0. The second kappa shape index (κ2) is 10.4. The molecule has 0 unspecified atom stereocenters. The second-order valence-electron chi connectivity index (χ2n) is 4.70. The van der Waals surface area contributed by atoms with Crippen molar-refractivity contribution in [3.8, 4) is 0 Å². The summed E-state index contributed by atoms with van der Waals surface area (Å²) in [5.41, 5.74) is 6.83. The average Bonchev–Trinajstić information content (AvgIpc) is 2.41. The largest absolute Gasteiger partial charge is 0.481 e. The van der Waals surface area contributed by atoms with E-state index in [9.17, 15) is 9.90 Å². The predicted octanol–water partition coefficient (Wildman–Crippen LogP) is 2.82. The molecule has 0 bridgehead atoms. The fourth-order valence-electron chi connectivity index (χ4n) is 1.82. The summed E-state index contributed by atoms with van der Waals surface area (Å²) in [6.45, 7) is 2.11. The average molecular weight is 299 g/mol. The highest BCUT2D eigenvalue weighted by Crippen LogP contribution is 2.11. The van der Waals surface area contributed by atoms with Gasteiger partial charge in [0.2, 0.25) is 0 Å². The van der Waals surface area contributed by atoms with Crippen LogP contribution in [0.2, 0.25) is 0 Å². The molecule has 1 aromatic heterocycles. The Kier molecular flexibility index (Phi) is 9.68. The van der Waals surface area contributed by atoms with E-state index in [-0.39, 0.29) is 18.4 Å². The van der Waals surface area contributed by atoms with Gasteiger partial charge in [0.15, 0.2) is 0 Å². The lowest BCUT2D eigenvalue weighted by atomic mass is 9.98. The molecule has 0 aliphatic rings. The summed E-state index contributed by atoms with van der Waals surface area (Å²) in [6, 6.07) is 3.63. The number of carbonyl (C=O) groups is 1. The van der Waals surface area contributed by atoms with Crippen molar-refractivity contribution in [2.75, 3.05) is 0 Å². The molecule has 20 heavy (non-hydrogen) atoms. The minimum atomic E-state index is -0.831. The Morgan fingerprint density at radius 2 is 2.25 bits per heavy atom. The van der Waals surface area contributed by atoms with Gasteiger partial charge in [0.25, 0.3) is 0 Å². The molecule has 0 radical (unpaired) electrons. The maximum Gasteiger partial charge on any atom is 0.310 e. The topological polar surface area (TPSA) is 76.2 Å². The number of aliphatic carboxylic acids is 1. The highest BCUT2D eigenvalue weighted by Gasteiger charge is 2.15. The molecule has 1 rings (SSSR count). The predicted molar refractivity (Wildman–Crippen MR) is 83.0 cm³/mol. The first-order valence-corrected chi connectivity index (χ1v) is 6.69. The van der Waals surface area contributed by atoms with Crippen LogP contribution in [0.5, 0.6) is 0 Å². The Bertz CT molecular complexity index is 410. The number of halogens is 1. The molecular formula is C15H23ClN2O2. The van der Waals surface area contributed by atoms with E-state index in [0.717, 1.165) is 24.8 Å². The van der Waals surface area contributed by atoms with Crippen LogP contribution in [-0.4, -0.2) is 22.1 Å². The molecule has 0 amide bonds. The molecule has 0 fully saturated rings. The number of unbranched alkanes of at least 4 members (excludes halogenated alkanes) is 1. The van der Waals surface area contributed by atoms with Crippen molar-refractivity contribution in [3.05, 3.63) is 42.2 Å². The van der Waals surface area contributed by atoms with Crippen LogP contribution in [0.1, 0.15) is 31.7 Å². The summed E-state index contributed by atoms with van der Waals surface area (Å²) in [5.74, 6) is -1.38. The number of aromatic nitrogens is 1. The SMILES string of the molecule is CCCC[C@H](N)/C=C\[C@@H](Cc1cccnc1)C(=O)O.Cl. The molecule has 2 atom stereocenters. The van der Waals surface area contributed by atoms with Crippen LogP contribution < -0.4 is 5.73 Å². The molecule has 1 aromatic rings. The van der Waals surface area contributed by atoms with E-state index in [1.807, 2.05) is 18.2 Å². The van der Waals surface area contributed by atoms with Crippen LogP contribution in [0, 0.1) is 5.92 Å². The van der Waals surface area contributed by atoms with Gasteiger partial charge in [-0.15, -0.1) is 12.4 Å². The van der Waals surface area contributed by atoms with Gasteiger partial charge in [-0.2, -0.15) is 0 Å². The summed E-state index contributed by atoms with van der Waals surface area (Å²) in [7, 11) is 0. The maximum atomic E-state index is 11.2. The summed E-state index contributed by atoms with van der Waals surface area (Å²) >= 11 is 0. The number of pyridine rings is 1. The third-order valence-corrected chi connectivity index (χ3v) is 2.98. The number of nitrogens with zero attached hydrogens (tertiary/aromatic N) is 1. The van der Waals surface area contributed by atoms with Gasteiger partial charge in [0.1, 0.15) is 0 Å². The Labute approximate surface area is 126 Å². The zero-order valence-corrected chi connectivity index (χ0v) is 12.6. The third kappa shape index (κ3) is 7.26. The zero-order valence-electron chi connectivity index (χ0n) is 11.7. The summed E-state index contributed by atoms with van der Waals surface area (Å²) in [5, 5.41) is 9.21. The lowest BCUT2D eigenvalue weighted by Gasteiger charge is -2.09. The fourth-order valence-corrected chi connectivity index (χ4v) is 1.82. The third-order valence-electron chi connectivity index (χ3n) is 2.98. The summed E-state index contributed by atoms with van der Waals surface area (Å²) in [4.78, 5) is 15.2. The lowest BCUT2D eigenvalue weighted by molar-refractivity contribution is -0.140. The molecule has 4 nitrogen and oxygen atoms in total. The molecule has 0 aromatic carbocycles. The van der Waals surface area contributed by atoms with Gasteiger partial charge < -0.3 is 10.8 Å². The monoisotopic (exact) mass is 298 g/mol. The van der Waals surface area contributed by atoms with E-state index in [4.69, 9.17) is 5.73 Å². The van der Waals surface area contributed by atoms with Crippen molar-refractivity contribution in [1.82, 2.24) is 4.98 Å². The van der Waals surface area contributed by atoms with Crippen LogP contribution in [0.3, 0.4) is 0 Å². The lowest BCUT2D eigenvalue weighted by Crippen LogP contribution is -2.19. The van der Waals surface area contributed by atoms with Crippen LogP contribution >= 0.6 is 12.4 Å². The molecular weight excluding hydrogens is 276 g/mol. The maximum absolute atomic E-state index is 11.2. The van der Waals surface area contributed by atoms with E-state index >= 15 is 0 Å². The molecule has 0 saturated heterocycles. The van der Waals surface area contributed by atoms with E-state index < -0.39 is 11.9 Å². The van der Waals surface area contributed by atoms with Crippen molar-refractivity contribution >= 4 is 18.4 Å². The summed E-state index contributed by atoms with van der Waals surface area (Å²) in [6.07, 6.45) is 10.4. The number of rotatable bonds is 8. The minimum Gasteiger partial charge on any atom is -0.481 e. The first kappa shape index (κ1) is 18.6. The Balaban J connectivity index is 0.00000361. The highest BCUT2D eigenvalue weighted by molar-refractivity contribution is 5.85. The van der Waals surface area contributed by atoms with Gasteiger partial charge in [-0.05, 0) is 24.5 Å². The van der Waals surface area contributed by atoms with Gasteiger partial charge in [-0.1, -0.05) is 38.0 Å².